The summed E-state index contributed by atoms with van der Waals surface area (Å²) in [5.74, 6) is 1.32. The van der Waals surface area contributed by atoms with Gasteiger partial charge >= 0.3 is 0 Å². The first kappa shape index (κ1) is 18.9. The highest BCUT2D eigenvalue weighted by Gasteiger charge is 2.13. The summed E-state index contributed by atoms with van der Waals surface area (Å²) < 4.78 is 0. The molecule has 1 N–H and O–H groups in total. The van der Waals surface area contributed by atoms with Crippen LogP contribution >= 0.6 is 0 Å². The molecule has 5 nitrogen and oxygen atoms in total. The fourth-order valence-corrected chi connectivity index (χ4v) is 2.77. The van der Waals surface area contributed by atoms with E-state index in [0.29, 0.717) is 18.1 Å². The van der Waals surface area contributed by atoms with E-state index in [1.165, 1.54) is 5.56 Å². The Balaban J connectivity index is 2.03. The van der Waals surface area contributed by atoms with Crippen LogP contribution in [0.2, 0.25) is 0 Å². The lowest BCUT2D eigenvalue weighted by molar-refractivity contribution is 0.0948. The number of hydrogen-bond donors (Lipinski definition) is 1. The lowest BCUT2D eigenvalue weighted by atomic mass is 10.1. The van der Waals surface area contributed by atoms with Crippen molar-refractivity contribution in [3.05, 3.63) is 53.5 Å². The maximum Gasteiger partial charge on any atom is 0.270 e. The Morgan fingerprint density at radius 1 is 1.08 bits per heavy atom. The zero-order chi connectivity index (χ0) is 18.1. The van der Waals surface area contributed by atoms with Crippen molar-refractivity contribution in [1.82, 2.24) is 15.3 Å². The Morgan fingerprint density at radius 2 is 1.76 bits per heavy atom. The fourth-order valence-electron chi connectivity index (χ4n) is 2.77. The topological polar surface area (TPSA) is 58.1 Å². The van der Waals surface area contributed by atoms with Crippen LogP contribution in [0.25, 0.3) is 0 Å². The number of rotatable bonds is 9. The van der Waals surface area contributed by atoms with Crippen molar-refractivity contribution < 1.29 is 4.79 Å². The van der Waals surface area contributed by atoms with Crippen LogP contribution < -0.4 is 10.2 Å². The molecule has 0 aliphatic heterocycles. The molecule has 1 aromatic carbocycles. The average Bonchev–Trinajstić information content (AvgIpc) is 2.62. The molecule has 2 rings (SSSR count). The van der Waals surface area contributed by atoms with E-state index >= 15 is 0 Å². The van der Waals surface area contributed by atoms with Crippen LogP contribution in [0.4, 0.5) is 5.82 Å². The van der Waals surface area contributed by atoms with Gasteiger partial charge in [0.1, 0.15) is 17.3 Å². The molecule has 0 radical (unpaired) electrons. The zero-order valence-corrected chi connectivity index (χ0v) is 15.5. The molecule has 25 heavy (non-hydrogen) atoms. The van der Waals surface area contributed by atoms with Crippen molar-refractivity contribution >= 4 is 11.7 Å². The Kier molecular flexibility index (Phi) is 7.38. The van der Waals surface area contributed by atoms with Crippen LogP contribution in [-0.4, -0.2) is 35.5 Å². The molecule has 0 saturated heterocycles. The summed E-state index contributed by atoms with van der Waals surface area (Å²) in [7, 11) is 0. The molecule has 5 heteroatoms. The van der Waals surface area contributed by atoms with Crippen molar-refractivity contribution in [1.29, 1.82) is 0 Å². The summed E-state index contributed by atoms with van der Waals surface area (Å²) in [5, 5.41) is 2.96. The molecular formula is C20H28N4O. The first-order valence-electron chi connectivity index (χ1n) is 9.06. The van der Waals surface area contributed by atoms with Crippen LogP contribution in [0.15, 0.2) is 36.4 Å². The third-order valence-electron chi connectivity index (χ3n) is 3.91. The minimum atomic E-state index is -0.143. The second-order valence-electron chi connectivity index (χ2n) is 6.14. The summed E-state index contributed by atoms with van der Waals surface area (Å²) in [5.41, 5.74) is 1.65. The van der Waals surface area contributed by atoms with Gasteiger partial charge in [-0.15, -0.1) is 0 Å². The van der Waals surface area contributed by atoms with E-state index in [-0.39, 0.29) is 5.91 Å². The number of aryl methyl sites for hydroxylation is 1. The quantitative estimate of drug-likeness (QED) is 0.760. The molecule has 134 valence electrons. The van der Waals surface area contributed by atoms with Gasteiger partial charge < -0.3 is 10.2 Å². The van der Waals surface area contributed by atoms with Crippen molar-refractivity contribution in [2.75, 3.05) is 24.5 Å². The van der Waals surface area contributed by atoms with Gasteiger partial charge in [-0.3, -0.25) is 4.79 Å². The molecule has 0 bridgehead atoms. The number of carbonyl (C=O) groups is 1. The molecule has 0 aliphatic rings. The second-order valence-corrected chi connectivity index (χ2v) is 6.14. The maximum absolute atomic E-state index is 12.5. The van der Waals surface area contributed by atoms with Crippen LogP contribution in [0.1, 0.15) is 48.6 Å². The Morgan fingerprint density at radius 3 is 2.40 bits per heavy atom. The predicted molar refractivity (Wildman–Crippen MR) is 102 cm³/mol. The lowest BCUT2D eigenvalue weighted by Gasteiger charge is -2.23. The van der Waals surface area contributed by atoms with Gasteiger partial charge in [0.05, 0.1) is 0 Å². The fraction of sp³-hybridized carbons (Fsp3) is 0.450. The summed E-state index contributed by atoms with van der Waals surface area (Å²) in [6, 6.07) is 11.9. The molecule has 0 saturated carbocycles. The minimum absolute atomic E-state index is 0.143. The molecule has 1 aromatic heterocycles. The van der Waals surface area contributed by atoms with Crippen LogP contribution in [0, 0.1) is 6.92 Å². The SMILES string of the molecule is CCCN(CCC)c1cc(C(=O)NCCc2ccccc2)nc(C)n1. The number of nitrogens with one attached hydrogen (secondary N) is 1. The number of benzene rings is 1. The van der Waals surface area contributed by atoms with Crippen molar-refractivity contribution in [2.45, 2.75) is 40.0 Å². The Hall–Kier alpha value is -2.43. The summed E-state index contributed by atoms with van der Waals surface area (Å²) >= 11 is 0. The van der Waals surface area contributed by atoms with Crippen molar-refractivity contribution in [2.24, 2.45) is 0 Å². The zero-order valence-electron chi connectivity index (χ0n) is 15.5. The molecule has 2 aromatic rings. The van der Waals surface area contributed by atoms with E-state index in [1.54, 1.807) is 6.07 Å². The highest BCUT2D eigenvalue weighted by Crippen LogP contribution is 2.14. The maximum atomic E-state index is 12.5. The number of hydrogen-bond acceptors (Lipinski definition) is 4. The first-order chi connectivity index (χ1) is 12.1. The van der Waals surface area contributed by atoms with Gasteiger partial charge in [0, 0.05) is 25.7 Å². The van der Waals surface area contributed by atoms with Gasteiger partial charge in [0.2, 0.25) is 0 Å². The summed E-state index contributed by atoms with van der Waals surface area (Å²) in [6.45, 7) is 8.58. The third kappa shape index (κ3) is 5.85. The van der Waals surface area contributed by atoms with Crippen molar-refractivity contribution in [3.63, 3.8) is 0 Å². The molecule has 0 fully saturated rings. The second kappa shape index (κ2) is 9.77. The smallest absolute Gasteiger partial charge is 0.270 e. The number of nitrogens with zero attached hydrogens (tertiary/aromatic N) is 3. The summed E-state index contributed by atoms with van der Waals surface area (Å²) in [4.78, 5) is 23.5. The number of carbonyl (C=O) groups excluding carboxylic acids is 1. The van der Waals surface area contributed by atoms with Gasteiger partial charge in [-0.25, -0.2) is 9.97 Å². The Labute approximate surface area is 150 Å². The lowest BCUT2D eigenvalue weighted by Crippen LogP contribution is -2.29. The van der Waals surface area contributed by atoms with Gasteiger partial charge in [-0.2, -0.15) is 0 Å². The van der Waals surface area contributed by atoms with Crippen LogP contribution in [-0.2, 0) is 6.42 Å². The van der Waals surface area contributed by atoms with Crippen molar-refractivity contribution in [3.8, 4) is 0 Å². The molecular weight excluding hydrogens is 312 g/mol. The van der Waals surface area contributed by atoms with E-state index in [1.807, 2.05) is 25.1 Å². The predicted octanol–water partition coefficient (Wildman–Crippen LogP) is 3.38. The molecule has 1 amide bonds. The molecule has 0 unspecified atom stereocenters. The van der Waals surface area contributed by atoms with Gasteiger partial charge in [0.25, 0.3) is 5.91 Å². The monoisotopic (exact) mass is 340 g/mol. The number of anilines is 1. The molecule has 1 heterocycles. The minimum Gasteiger partial charge on any atom is -0.357 e. The number of amides is 1. The van der Waals surface area contributed by atoms with E-state index < -0.39 is 0 Å². The summed E-state index contributed by atoms with van der Waals surface area (Å²) in [6.07, 6.45) is 2.89. The normalized spacial score (nSPS) is 10.5. The molecule has 0 spiro atoms. The molecule has 0 atom stereocenters. The highest BCUT2D eigenvalue weighted by atomic mass is 16.1. The standard InChI is InChI=1S/C20H28N4O/c1-4-13-24(14-5-2)19-15-18(22-16(3)23-19)20(25)21-12-11-17-9-7-6-8-10-17/h6-10,15H,4-5,11-14H2,1-3H3,(H,21,25). The average molecular weight is 340 g/mol. The first-order valence-corrected chi connectivity index (χ1v) is 9.06. The third-order valence-corrected chi connectivity index (χ3v) is 3.91. The van der Waals surface area contributed by atoms with E-state index in [9.17, 15) is 4.79 Å². The van der Waals surface area contributed by atoms with Gasteiger partial charge in [-0.1, -0.05) is 44.2 Å². The van der Waals surface area contributed by atoms with Crippen LogP contribution in [0.5, 0.6) is 0 Å². The van der Waals surface area contributed by atoms with E-state index in [0.717, 1.165) is 38.2 Å². The molecule has 0 aliphatic carbocycles. The van der Waals surface area contributed by atoms with E-state index in [2.05, 4.69) is 46.2 Å². The van der Waals surface area contributed by atoms with Gasteiger partial charge in [-0.05, 0) is 31.7 Å². The Bertz CT molecular complexity index is 667. The van der Waals surface area contributed by atoms with Gasteiger partial charge in [0.15, 0.2) is 0 Å². The van der Waals surface area contributed by atoms with E-state index in [4.69, 9.17) is 0 Å². The van der Waals surface area contributed by atoms with Crippen LogP contribution in [0.3, 0.4) is 0 Å². The highest BCUT2D eigenvalue weighted by molar-refractivity contribution is 5.92. The number of aromatic nitrogens is 2. The largest absolute Gasteiger partial charge is 0.357 e.